The zero-order chi connectivity index (χ0) is 10.2. The standard InChI is InChI=1S/C9H19O3S/c1-2-3-4-5-8-13(11,12)9-6-7-10/h2-9H2,1H3. The topological polar surface area (TPSA) is 54.0 Å². The van der Waals surface area contributed by atoms with Crippen LogP contribution < -0.4 is 0 Å². The number of hydrogen-bond donors (Lipinski definition) is 0. The molecule has 0 atom stereocenters. The summed E-state index contributed by atoms with van der Waals surface area (Å²) in [7, 11) is -2.92. The fourth-order valence-electron chi connectivity index (χ4n) is 1.13. The number of rotatable bonds is 8. The van der Waals surface area contributed by atoms with E-state index in [9.17, 15) is 13.5 Å². The van der Waals surface area contributed by atoms with E-state index in [1.807, 2.05) is 0 Å². The van der Waals surface area contributed by atoms with Gasteiger partial charge in [-0.2, -0.15) is 0 Å². The summed E-state index contributed by atoms with van der Waals surface area (Å²) >= 11 is 0. The van der Waals surface area contributed by atoms with Gasteiger partial charge < -0.3 is 0 Å². The molecule has 0 aromatic rings. The zero-order valence-corrected chi connectivity index (χ0v) is 9.11. The predicted molar refractivity (Wildman–Crippen MR) is 53.0 cm³/mol. The summed E-state index contributed by atoms with van der Waals surface area (Å²) in [6.07, 6.45) is 4.19. The van der Waals surface area contributed by atoms with Crippen LogP contribution in [0.25, 0.3) is 0 Å². The van der Waals surface area contributed by atoms with E-state index in [2.05, 4.69) is 6.92 Å². The van der Waals surface area contributed by atoms with Crippen molar-refractivity contribution in [2.75, 3.05) is 18.1 Å². The SMILES string of the molecule is CCCCCCS(=O)(=O)CCC[O]. The van der Waals surface area contributed by atoms with Crippen molar-refractivity contribution in [3.05, 3.63) is 0 Å². The summed E-state index contributed by atoms with van der Waals surface area (Å²) in [6.45, 7) is 1.81. The van der Waals surface area contributed by atoms with Gasteiger partial charge in [0.25, 0.3) is 0 Å². The average molecular weight is 207 g/mol. The highest BCUT2D eigenvalue weighted by atomic mass is 32.2. The van der Waals surface area contributed by atoms with Gasteiger partial charge in [0, 0.05) is 0 Å². The van der Waals surface area contributed by atoms with Gasteiger partial charge in [-0.25, -0.2) is 13.5 Å². The molecule has 0 spiro atoms. The number of sulfone groups is 1. The predicted octanol–water partition coefficient (Wildman–Crippen LogP) is 1.80. The summed E-state index contributed by atoms with van der Waals surface area (Å²) in [5.41, 5.74) is 0. The van der Waals surface area contributed by atoms with Crippen molar-refractivity contribution < 1.29 is 13.5 Å². The fourth-order valence-corrected chi connectivity index (χ4v) is 2.54. The van der Waals surface area contributed by atoms with Crippen LogP contribution in [0.4, 0.5) is 0 Å². The van der Waals surface area contributed by atoms with Gasteiger partial charge in [-0.05, 0) is 12.8 Å². The van der Waals surface area contributed by atoms with E-state index in [-0.39, 0.29) is 24.5 Å². The molecule has 0 saturated heterocycles. The van der Waals surface area contributed by atoms with Gasteiger partial charge in [0.2, 0.25) is 0 Å². The molecule has 0 fully saturated rings. The van der Waals surface area contributed by atoms with Crippen molar-refractivity contribution in [3.8, 4) is 0 Å². The second kappa shape index (κ2) is 7.33. The van der Waals surface area contributed by atoms with E-state index in [4.69, 9.17) is 0 Å². The molecule has 0 aromatic carbocycles. The van der Waals surface area contributed by atoms with Gasteiger partial charge in [-0.15, -0.1) is 0 Å². The van der Waals surface area contributed by atoms with Crippen LogP contribution in [0.3, 0.4) is 0 Å². The number of unbranched alkanes of at least 4 members (excludes halogenated alkanes) is 3. The summed E-state index contributed by atoms with van der Waals surface area (Å²) in [6, 6.07) is 0. The minimum Gasteiger partial charge on any atom is -0.237 e. The van der Waals surface area contributed by atoms with Crippen LogP contribution in [0.1, 0.15) is 39.0 Å². The molecule has 0 rings (SSSR count). The molecule has 13 heavy (non-hydrogen) atoms. The highest BCUT2D eigenvalue weighted by molar-refractivity contribution is 7.91. The largest absolute Gasteiger partial charge is 0.237 e. The van der Waals surface area contributed by atoms with Gasteiger partial charge in [0.05, 0.1) is 18.1 Å². The molecule has 0 bridgehead atoms. The van der Waals surface area contributed by atoms with Crippen LogP contribution in [0, 0.1) is 0 Å². The molecular formula is C9H19O3S. The molecule has 0 aromatic heterocycles. The monoisotopic (exact) mass is 207 g/mol. The van der Waals surface area contributed by atoms with E-state index in [0.717, 1.165) is 25.7 Å². The molecule has 0 aliphatic carbocycles. The minimum atomic E-state index is -2.92. The Morgan fingerprint density at radius 3 is 2.08 bits per heavy atom. The minimum absolute atomic E-state index is 0.0720. The lowest BCUT2D eigenvalue weighted by Gasteiger charge is -2.01. The van der Waals surface area contributed by atoms with Crippen LogP contribution in [-0.2, 0) is 14.9 Å². The number of hydrogen-bond acceptors (Lipinski definition) is 2. The van der Waals surface area contributed by atoms with Crippen LogP contribution in [0.15, 0.2) is 0 Å². The molecule has 0 aliphatic heterocycles. The van der Waals surface area contributed by atoms with Crippen molar-refractivity contribution in [3.63, 3.8) is 0 Å². The van der Waals surface area contributed by atoms with Gasteiger partial charge >= 0.3 is 0 Å². The van der Waals surface area contributed by atoms with Gasteiger partial charge in [0.15, 0.2) is 0 Å². The highest BCUT2D eigenvalue weighted by Crippen LogP contribution is 2.03. The Bertz CT molecular complexity index is 197. The molecule has 3 nitrogen and oxygen atoms in total. The molecular weight excluding hydrogens is 188 g/mol. The van der Waals surface area contributed by atoms with Gasteiger partial charge in [-0.1, -0.05) is 26.2 Å². The van der Waals surface area contributed by atoms with E-state index in [0.29, 0.717) is 0 Å². The molecule has 0 heterocycles. The Kier molecular flexibility index (Phi) is 7.28. The van der Waals surface area contributed by atoms with Crippen molar-refractivity contribution in [1.82, 2.24) is 0 Å². The molecule has 0 saturated carbocycles. The van der Waals surface area contributed by atoms with Crippen molar-refractivity contribution in [2.45, 2.75) is 39.0 Å². The van der Waals surface area contributed by atoms with Crippen molar-refractivity contribution in [2.24, 2.45) is 0 Å². The molecule has 0 amide bonds. The van der Waals surface area contributed by atoms with E-state index in [1.54, 1.807) is 0 Å². The Morgan fingerprint density at radius 2 is 1.54 bits per heavy atom. The third-order valence-corrected chi connectivity index (χ3v) is 3.73. The van der Waals surface area contributed by atoms with E-state index < -0.39 is 9.84 Å². The van der Waals surface area contributed by atoms with Crippen molar-refractivity contribution in [1.29, 1.82) is 0 Å². The third kappa shape index (κ3) is 8.25. The maximum absolute atomic E-state index is 11.2. The quantitative estimate of drug-likeness (QED) is 0.570. The third-order valence-electron chi connectivity index (χ3n) is 1.91. The first-order chi connectivity index (χ1) is 6.12. The first kappa shape index (κ1) is 12.9. The smallest absolute Gasteiger partial charge is 0.150 e. The molecule has 0 unspecified atom stereocenters. The average Bonchev–Trinajstić information content (AvgIpc) is 2.09. The Labute approximate surface area is 81.1 Å². The highest BCUT2D eigenvalue weighted by Gasteiger charge is 2.09. The van der Waals surface area contributed by atoms with Crippen LogP contribution in [0.5, 0.6) is 0 Å². The molecule has 1 radical (unpaired) electrons. The van der Waals surface area contributed by atoms with Gasteiger partial charge in [0.1, 0.15) is 9.84 Å². The fraction of sp³-hybridized carbons (Fsp3) is 1.00. The van der Waals surface area contributed by atoms with Crippen LogP contribution >= 0.6 is 0 Å². The summed E-state index contributed by atoms with van der Waals surface area (Å²) in [5.74, 6) is 0.329. The first-order valence-corrected chi connectivity index (χ1v) is 6.73. The van der Waals surface area contributed by atoms with Crippen LogP contribution in [0.2, 0.25) is 0 Å². The second-order valence-corrected chi connectivity index (χ2v) is 5.57. The maximum Gasteiger partial charge on any atom is 0.150 e. The zero-order valence-electron chi connectivity index (χ0n) is 8.29. The Hall–Kier alpha value is -0.0900. The lowest BCUT2D eigenvalue weighted by atomic mass is 10.2. The first-order valence-electron chi connectivity index (χ1n) is 4.91. The maximum atomic E-state index is 11.2. The Morgan fingerprint density at radius 1 is 0.923 bits per heavy atom. The normalized spacial score (nSPS) is 11.8. The lowest BCUT2D eigenvalue weighted by Crippen LogP contribution is -2.11. The molecule has 4 heteroatoms. The molecule has 79 valence electrons. The molecule has 0 aliphatic rings. The Balaban J connectivity index is 3.52. The van der Waals surface area contributed by atoms with E-state index >= 15 is 0 Å². The second-order valence-electron chi connectivity index (χ2n) is 3.27. The van der Waals surface area contributed by atoms with Gasteiger partial charge in [-0.3, -0.25) is 0 Å². The summed E-state index contributed by atoms with van der Waals surface area (Å²) < 4.78 is 22.4. The van der Waals surface area contributed by atoms with Crippen molar-refractivity contribution >= 4 is 9.84 Å². The van der Waals surface area contributed by atoms with E-state index in [1.165, 1.54) is 0 Å². The lowest BCUT2D eigenvalue weighted by molar-refractivity contribution is 0.194. The summed E-state index contributed by atoms with van der Waals surface area (Å²) in [4.78, 5) is 0. The van der Waals surface area contributed by atoms with Crippen LogP contribution in [-0.4, -0.2) is 26.5 Å². The molecule has 0 N–H and O–H groups in total. The summed E-state index contributed by atoms with van der Waals surface area (Å²) in [5, 5.41) is 10.1.